The minimum absolute atomic E-state index is 0.0935. The summed E-state index contributed by atoms with van der Waals surface area (Å²) < 4.78 is 63.3. The van der Waals surface area contributed by atoms with Gasteiger partial charge in [0.2, 0.25) is 14.2 Å². The number of halogens is 2. The molecule has 0 amide bonds. The zero-order valence-corrected chi connectivity index (χ0v) is 20.4. The molecule has 1 aromatic heterocycles. The van der Waals surface area contributed by atoms with Crippen molar-refractivity contribution in [3.8, 4) is 21.7 Å². The van der Waals surface area contributed by atoms with Crippen LogP contribution in [0, 0.1) is 5.82 Å². The van der Waals surface area contributed by atoms with Crippen LogP contribution in [-0.4, -0.2) is 28.1 Å². The molecule has 0 unspecified atom stereocenters. The van der Waals surface area contributed by atoms with Crippen LogP contribution < -0.4 is 0 Å². The molecule has 170 valence electrons. The molecule has 0 N–H and O–H groups in total. The largest absolute Gasteiger partial charge is 0.224 e. The van der Waals surface area contributed by atoms with Crippen molar-refractivity contribution in [1.82, 2.24) is 4.98 Å². The van der Waals surface area contributed by atoms with Gasteiger partial charge in [0, 0.05) is 16.8 Å². The highest BCUT2D eigenvalue weighted by Crippen LogP contribution is 2.39. The Bertz CT molecular complexity index is 1530. The number of rotatable bonds is 6. The molecule has 0 aliphatic heterocycles. The van der Waals surface area contributed by atoms with Crippen LogP contribution >= 0.6 is 22.9 Å². The van der Waals surface area contributed by atoms with Gasteiger partial charge < -0.3 is 0 Å². The first kappa shape index (κ1) is 23.6. The van der Waals surface area contributed by atoms with E-state index in [9.17, 15) is 21.2 Å². The molecule has 5 nitrogen and oxygen atoms in total. The van der Waals surface area contributed by atoms with Crippen molar-refractivity contribution in [2.24, 2.45) is 0 Å². The van der Waals surface area contributed by atoms with Crippen LogP contribution in [0.3, 0.4) is 0 Å². The first-order valence-corrected chi connectivity index (χ1v) is 14.3. The minimum atomic E-state index is -3.81. The quantitative estimate of drug-likeness (QED) is 0.327. The lowest BCUT2D eigenvalue weighted by molar-refractivity contribution is 0.594. The maximum atomic E-state index is 13.5. The molecule has 0 bridgehead atoms. The van der Waals surface area contributed by atoms with Crippen LogP contribution in [0.5, 0.6) is 0 Å². The fourth-order valence-corrected chi connectivity index (χ4v) is 6.77. The van der Waals surface area contributed by atoms with Crippen LogP contribution in [0.15, 0.2) is 82.0 Å². The van der Waals surface area contributed by atoms with Gasteiger partial charge in [-0.2, -0.15) is 0 Å². The number of hydrogen-bond donors (Lipinski definition) is 0. The van der Waals surface area contributed by atoms with E-state index in [-0.39, 0.29) is 15.0 Å². The molecular weight excluding hydrogens is 505 g/mol. The van der Waals surface area contributed by atoms with Gasteiger partial charge in [0.05, 0.1) is 21.2 Å². The topological polar surface area (TPSA) is 81.2 Å². The molecular formula is C23H17ClFNO4S3. The Hall–Kier alpha value is -2.59. The lowest BCUT2D eigenvalue weighted by Gasteiger charge is -2.04. The summed E-state index contributed by atoms with van der Waals surface area (Å²) in [6, 6.07) is 18.3. The summed E-state index contributed by atoms with van der Waals surface area (Å²) in [5.74, 6) is -0.710. The van der Waals surface area contributed by atoms with Gasteiger partial charge in [0.15, 0.2) is 9.84 Å². The van der Waals surface area contributed by atoms with Crippen LogP contribution in [0.4, 0.5) is 4.39 Å². The molecule has 4 aromatic rings. The van der Waals surface area contributed by atoms with Gasteiger partial charge in [0.25, 0.3) is 0 Å². The zero-order chi connectivity index (χ0) is 23.8. The summed E-state index contributed by atoms with van der Waals surface area (Å²) in [7, 11) is -7.19. The van der Waals surface area contributed by atoms with E-state index in [1.54, 1.807) is 36.4 Å². The highest BCUT2D eigenvalue weighted by atomic mass is 35.5. The number of sulfone groups is 2. The molecule has 0 aliphatic carbocycles. The Kier molecular flexibility index (Phi) is 6.41. The van der Waals surface area contributed by atoms with E-state index >= 15 is 0 Å². The van der Waals surface area contributed by atoms with Crippen molar-refractivity contribution < 1.29 is 21.2 Å². The molecule has 4 rings (SSSR count). The molecule has 33 heavy (non-hydrogen) atoms. The van der Waals surface area contributed by atoms with E-state index in [4.69, 9.17) is 11.6 Å². The van der Waals surface area contributed by atoms with E-state index in [0.29, 0.717) is 32.3 Å². The van der Waals surface area contributed by atoms with Gasteiger partial charge in [-0.25, -0.2) is 26.2 Å². The highest BCUT2D eigenvalue weighted by Gasteiger charge is 2.25. The molecule has 0 saturated carbocycles. The van der Waals surface area contributed by atoms with Gasteiger partial charge >= 0.3 is 0 Å². The molecule has 3 aromatic carbocycles. The maximum absolute atomic E-state index is 13.5. The summed E-state index contributed by atoms with van der Waals surface area (Å²) in [6.07, 6.45) is 1.11. The second-order valence-corrected chi connectivity index (χ2v) is 13.0. The summed E-state index contributed by atoms with van der Waals surface area (Å²) in [5.41, 5.74) is 2.04. The van der Waals surface area contributed by atoms with E-state index in [2.05, 4.69) is 4.98 Å². The Morgan fingerprint density at radius 2 is 1.55 bits per heavy atom. The van der Waals surface area contributed by atoms with Crippen molar-refractivity contribution in [3.63, 3.8) is 0 Å². The average molecular weight is 522 g/mol. The SMILES string of the molecule is CS(=O)(=O)c1ccc(-c2sc(S(=O)(=O)Cc3cccc(Cl)c3)nc2-c2ccc(F)cc2)cc1. The first-order valence-electron chi connectivity index (χ1n) is 9.57. The average Bonchev–Trinajstić information content (AvgIpc) is 3.20. The summed E-state index contributed by atoms with van der Waals surface area (Å²) in [6.45, 7) is 0. The smallest absolute Gasteiger partial charge is 0.210 e. The van der Waals surface area contributed by atoms with Gasteiger partial charge in [-0.1, -0.05) is 35.9 Å². The minimum Gasteiger partial charge on any atom is -0.224 e. The molecule has 0 radical (unpaired) electrons. The standard InChI is InChI=1S/C23H17ClFNO4S3/c1-32(27,28)20-11-7-17(8-12-20)22-21(16-5-9-19(25)10-6-16)26-23(31-22)33(29,30)14-15-3-2-4-18(24)13-15/h2-13H,14H2,1H3. The predicted molar refractivity (Wildman–Crippen MR) is 128 cm³/mol. The van der Waals surface area contributed by atoms with Crippen LogP contribution in [0.25, 0.3) is 21.7 Å². The Balaban J connectivity index is 1.82. The van der Waals surface area contributed by atoms with Crippen LogP contribution in [-0.2, 0) is 25.4 Å². The summed E-state index contributed by atoms with van der Waals surface area (Å²) in [4.78, 5) is 5.08. The second kappa shape index (κ2) is 8.98. The second-order valence-electron chi connectivity index (χ2n) is 7.35. The van der Waals surface area contributed by atoms with Gasteiger partial charge in [-0.15, -0.1) is 11.3 Å². The van der Waals surface area contributed by atoms with Gasteiger partial charge in [0.1, 0.15) is 5.82 Å². The Morgan fingerprint density at radius 3 is 2.15 bits per heavy atom. The zero-order valence-electron chi connectivity index (χ0n) is 17.2. The predicted octanol–water partition coefficient (Wildman–Crippen LogP) is 5.65. The fourth-order valence-electron chi connectivity index (χ4n) is 3.19. The lowest BCUT2D eigenvalue weighted by Crippen LogP contribution is -2.04. The third-order valence-corrected chi connectivity index (χ3v) is 9.39. The summed E-state index contributed by atoms with van der Waals surface area (Å²) >= 11 is 6.97. The van der Waals surface area contributed by atoms with E-state index in [1.165, 1.54) is 36.4 Å². The maximum Gasteiger partial charge on any atom is 0.210 e. The lowest BCUT2D eigenvalue weighted by atomic mass is 10.1. The molecule has 0 fully saturated rings. The molecule has 0 saturated heterocycles. The molecule has 0 spiro atoms. The molecule has 0 atom stereocenters. The van der Waals surface area contributed by atoms with E-state index in [1.807, 2.05) is 0 Å². The van der Waals surface area contributed by atoms with Gasteiger partial charge in [-0.3, -0.25) is 0 Å². The highest BCUT2D eigenvalue weighted by molar-refractivity contribution is 7.92. The summed E-state index contributed by atoms with van der Waals surface area (Å²) in [5, 5.41) is 0.431. The number of aromatic nitrogens is 1. The number of hydrogen-bond acceptors (Lipinski definition) is 6. The van der Waals surface area contributed by atoms with Crippen molar-refractivity contribution in [2.45, 2.75) is 15.0 Å². The third-order valence-electron chi connectivity index (χ3n) is 4.78. The number of benzene rings is 3. The van der Waals surface area contributed by atoms with Crippen molar-refractivity contribution in [3.05, 3.63) is 89.2 Å². The van der Waals surface area contributed by atoms with E-state index in [0.717, 1.165) is 17.6 Å². The molecule has 1 heterocycles. The van der Waals surface area contributed by atoms with Crippen LogP contribution in [0.1, 0.15) is 5.56 Å². The number of nitrogens with zero attached hydrogens (tertiary/aromatic N) is 1. The monoisotopic (exact) mass is 521 g/mol. The number of thiazole rings is 1. The van der Waals surface area contributed by atoms with Gasteiger partial charge in [-0.05, 0) is 59.7 Å². The fraction of sp³-hybridized carbons (Fsp3) is 0.0870. The van der Waals surface area contributed by atoms with Crippen molar-refractivity contribution in [2.75, 3.05) is 6.26 Å². The molecule has 0 aliphatic rings. The van der Waals surface area contributed by atoms with Crippen LogP contribution in [0.2, 0.25) is 5.02 Å². The normalized spacial score (nSPS) is 12.1. The van der Waals surface area contributed by atoms with E-state index < -0.39 is 25.5 Å². The Labute approximate surface area is 200 Å². The Morgan fingerprint density at radius 1 is 0.909 bits per heavy atom. The third kappa shape index (κ3) is 5.33. The first-order chi connectivity index (χ1) is 15.5. The van der Waals surface area contributed by atoms with Crippen molar-refractivity contribution in [1.29, 1.82) is 0 Å². The van der Waals surface area contributed by atoms with Crippen molar-refractivity contribution >= 4 is 42.6 Å². The molecule has 10 heteroatoms.